The predicted molar refractivity (Wildman–Crippen MR) is 82.4 cm³/mol. The van der Waals surface area contributed by atoms with Gasteiger partial charge in [-0.1, -0.05) is 24.3 Å². The predicted octanol–water partition coefficient (Wildman–Crippen LogP) is 1.37. The summed E-state index contributed by atoms with van der Waals surface area (Å²) in [6, 6.07) is 8.25. The first kappa shape index (κ1) is 15.0. The van der Waals surface area contributed by atoms with E-state index in [0.29, 0.717) is 19.6 Å². The van der Waals surface area contributed by atoms with Crippen molar-refractivity contribution in [2.24, 2.45) is 5.92 Å². The minimum absolute atomic E-state index is 0.112. The number of carbonyl (C=O) groups excluding carboxylic acids is 1. The zero-order valence-corrected chi connectivity index (χ0v) is 12.7. The first-order chi connectivity index (χ1) is 10.6. The SMILES string of the molecule is O=C(O)[C@H]1CCCN(CC(=O)N2CCc3ccccc3C2)C1. The van der Waals surface area contributed by atoms with Crippen molar-refractivity contribution in [1.29, 1.82) is 0 Å². The van der Waals surface area contributed by atoms with Gasteiger partial charge in [0.1, 0.15) is 0 Å². The molecule has 0 bridgehead atoms. The van der Waals surface area contributed by atoms with Crippen molar-refractivity contribution in [2.75, 3.05) is 26.2 Å². The average Bonchev–Trinajstić information content (AvgIpc) is 2.54. The van der Waals surface area contributed by atoms with Crippen LogP contribution >= 0.6 is 0 Å². The fourth-order valence-electron chi connectivity index (χ4n) is 3.40. The Balaban J connectivity index is 1.58. The molecule has 0 spiro atoms. The van der Waals surface area contributed by atoms with Gasteiger partial charge in [0.25, 0.3) is 0 Å². The van der Waals surface area contributed by atoms with Gasteiger partial charge in [0.05, 0.1) is 12.5 Å². The summed E-state index contributed by atoms with van der Waals surface area (Å²) in [5.41, 5.74) is 2.56. The summed E-state index contributed by atoms with van der Waals surface area (Å²) in [6.45, 7) is 3.08. The van der Waals surface area contributed by atoms with Crippen molar-refractivity contribution in [3.8, 4) is 0 Å². The first-order valence-electron chi connectivity index (χ1n) is 7.93. The van der Waals surface area contributed by atoms with Crippen LogP contribution < -0.4 is 0 Å². The molecule has 1 fully saturated rings. The number of carboxylic acids is 1. The van der Waals surface area contributed by atoms with Crippen LogP contribution in [0.5, 0.6) is 0 Å². The van der Waals surface area contributed by atoms with Crippen molar-refractivity contribution in [1.82, 2.24) is 9.80 Å². The molecular formula is C17H22N2O3. The van der Waals surface area contributed by atoms with Crippen LogP contribution in [0, 0.1) is 5.92 Å². The lowest BCUT2D eigenvalue weighted by Crippen LogP contribution is -2.46. The third-order valence-corrected chi connectivity index (χ3v) is 4.70. The summed E-state index contributed by atoms with van der Waals surface area (Å²) in [6.07, 6.45) is 2.48. The molecule has 1 N–H and O–H groups in total. The van der Waals surface area contributed by atoms with Crippen LogP contribution in [0.15, 0.2) is 24.3 Å². The number of benzene rings is 1. The highest BCUT2D eigenvalue weighted by Crippen LogP contribution is 2.20. The number of carbonyl (C=O) groups is 2. The minimum atomic E-state index is -0.746. The fourth-order valence-corrected chi connectivity index (χ4v) is 3.40. The zero-order valence-electron chi connectivity index (χ0n) is 12.7. The van der Waals surface area contributed by atoms with Gasteiger partial charge < -0.3 is 10.0 Å². The molecule has 5 heteroatoms. The van der Waals surface area contributed by atoms with Crippen LogP contribution in [0.3, 0.4) is 0 Å². The highest BCUT2D eigenvalue weighted by Gasteiger charge is 2.28. The van der Waals surface area contributed by atoms with Gasteiger partial charge in [-0.25, -0.2) is 0 Å². The number of rotatable bonds is 3. The smallest absolute Gasteiger partial charge is 0.307 e. The third-order valence-electron chi connectivity index (χ3n) is 4.70. The topological polar surface area (TPSA) is 60.9 Å². The number of fused-ring (bicyclic) bond motifs is 1. The molecule has 1 aromatic rings. The largest absolute Gasteiger partial charge is 0.481 e. The Morgan fingerprint density at radius 1 is 1.18 bits per heavy atom. The number of carboxylic acid groups (broad SMARTS) is 1. The number of hydrogen-bond donors (Lipinski definition) is 1. The summed E-state index contributed by atoms with van der Waals surface area (Å²) in [5.74, 6) is -0.965. The van der Waals surface area contributed by atoms with Crippen LogP contribution in [-0.2, 0) is 22.6 Å². The van der Waals surface area contributed by atoms with E-state index in [4.69, 9.17) is 5.11 Å². The van der Waals surface area contributed by atoms with E-state index in [1.54, 1.807) is 0 Å². The molecule has 0 unspecified atom stereocenters. The summed E-state index contributed by atoms with van der Waals surface area (Å²) in [7, 11) is 0. The lowest BCUT2D eigenvalue weighted by molar-refractivity contribution is -0.145. The van der Waals surface area contributed by atoms with E-state index in [0.717, 1.165) is 32.4 Å². The standard InChI is InChI=1S/C17H22N2O3/c20-16(12-18-8-3-6-15(10-18)17(21)22)19-9-7-13-4-1-2-5-14(13)11-19/h1-2,4-5,15H,3,6-12H2,(H,21,22)/t15-/m0/s1. The molecule has 2 heterocycles. The summed E-state index contributed by atoms with van der Waals surface area (Å²) < 4.78 is 0. The van der Waals surface area contributed by atoms with Gasteiger partial charge in [0.15, 0.2) is 0 Å². The number of aliphatic carboxylic acids is 1. The summed E-state index contributed by atoms with van der Waals surface area (Å²) in [5, 5.41) is 9.13. The molecule has 0 aromatic heterocycles. The molecule has 1 aromatic carbocycles. The maximum Gasteiger partial charge on any atom is 0.307 e. The molecule has 2 aliphatic heterocycles. The lowest BCUT2D eigenvalue weighted by atomic mass is 9.98. The van der Waals surface area contributed by atoms with Gasteiger partial charge in [-0.2, -0.15) is 0 Å². The molecule has 3 rings (SSSR count). The number of likely N-dealkylation sites (tertiary alicyclic amines) is 1. The van der Waals surface area contributed by atoms with Crippen molar-refractivity contribution in [3.05, 3.63) is 35.4 Å². The van der Waals surface area contributed by atoms with Gasteiger partial charge in [-0.05, 0) is 36.9 Å². The third kappa shape index (κ3) is 3.30. The van der Waals surface area contributed by atoms with Gasteiger partial charge in [-0.15, -0.1) is 0 Å². The van der Waals surface area contributed by atoms with E-state index in [-0.39, 0.29) is 11.8 Å². The molecule has 5 nitrogen and oxygen atoms in total. The highest BCUT2D eigenvalue weighted by atomic mass is 16.4. The van der Waals surface area contributed by atoms with Crippen LogP contribution in [0.1, 0.15) is 24.0 Å². The Morgan fingerprint density at radius 2 is 1.95 bits per heavy atom. The first-order valence-corrected chi connectivity index (χ1v) is 7.93. The van der Waals surface area contributed by atoms with Crippen LogP contribution in [0.25, 0.3) is 0 Å². The van der Waals surface area contributed by atoms with Crippen molar-refractivity contribution < 1.29 is 14.7 Å². The Morgan fingerprint density at radius 3 is 2.73 bits per heavy atom. The zero-order chi connectivity index (χ0) is 15.5. The van der Waals surface area contributed by atoms with E-state index in [9.17, 15) is 9.59 Å². The Hall–Kier alpha value is -1.88. The number of piperidine rings is 1. The lowest BCUT2D eigenvalue weighted by Gasteiger charge is -2.34. The Kier molecular flexibility index (Phi) is 4.43. The molecule has 118 valence electrons. The van der Waals surface area contributed by atoms with Crippen molar-refractivity contribution >= 4 is 11.9 Å². The molecule has 1 saturated heterocycles. The van der Waals surface area contributed by atoms with E-state index >= 15 is 0 Å². The van der Waals surface area contributed by atoms with Gasteiger partial charge in [-0.3, -0.25) is 14.5 Å². The van der Waals surface area contributed by atoms with Gasteiger partial charge in [0, 0.05) is 19.6 Å². The molecule has 0 saturated carbocycles. The van der Waals surface area contributed by atoms with Gasteiger partial charge in [0.2, 0.25) is 5.91 Å². The molecule has 1 amide bonds. The van der Waals surface area contributed by atoms with E-state index < -0.39 is 5.97 Å². The average molecular weight is 302 g/mol. The molecular weight excluding hydrogens is 280 g/mol. The Labute approximate surface area is 130 Å². The molecule has 2 aliphatic rings. The van der Waals surface area contributed by atoms with Crippen molar-refractivity contribution in [2.45, 2.75) is 25.8 Å². The Bertz CT molecular complexity index is 573. The second kappa shape index (κ2) is 6.48. The maximum absolute atomic E-state index is 12.5. The molecule has 0 radical (unpaired) electrons. The molecule has 0 aliphatic carbocycles. The monoisotopic (exact) mass is 302 g/mol. The summed E-state index contributed by atoms with van der Waals surface area (Å²) in [4.78, 5) is 27.5. The number of amides is 1. The van der Waals surface area contributed by atoms with E-state index in [2.05, 4.69) is 12.1 Å². The van der Waals surface area contributed by atoms with E-state index in [1.165, 1.54) is 11.1 Å². The van der Waals surface area contributed by atoms with Crippen molar-refractivity contribution in [3.63, 3.8) is 0 Å². The minimum Gasteiger partial charge on any atom is -0.481 e. The highest BCUT2D eigenvalue weighted by molar-refractivity contribution is 5.79. The van der Waals surface area contributed by atoms with Crippen LogP contribution in [0.4, 0.5) is 0 Å². The quantitative estimate of drug-likeness (QED) is 0.916. The second-order valence-electron chi connectivity index (χ2n) is 6.25. The maximum atomic E-state index is 12.5. The molecule has 22 heavy (non-hydrogen) atoms. The van der Waals surface area contributed by atoms with Crippen LogP contribution in [0.2, 0.25) is 0 Å². The van der Waals surface area contributed by atoms with Gasteiger partial charge >= 0.3 is 5.97 Å². The second-order valence-corrected chi connectivity index (χ2v) is 6.25. The number of nitrogens with zero attached hydrogens (tertiary/aromatic N) is 2. The van der Waals surface area contributed by atoms with E-state index in [1.807, 2.05) is 21.9 Å². The normalized spacial score (nSPS) is 22.2. The number of hydrogen-bond acceptors (Lipinski definition) is 3. The molecule has 1 atom stereocenters. The van der Waals surface area contributed by atoms with Crippen LogP contribution in [-0.4, -0.2) is 53.0 Å². The fraction of sp³-hybridized carbons (Fsp3) is 0.529. The summed E-state index contributed by atoms with van der Waals surface area (Å²) >= 11 is 0.